The zero-order valence-corrected chi connectivity index (χ0v) is 10.6. The van der Waals surface area contributed by atoms with Crippen molar-refractivity contribution in [1.82, 2.24) is 14.5 Å². The second-order valence-electron chi connectivity index (χ2n) is 3.79. The highest BCUT2D eigenvalue weighted by atomic mass is 32.2. The molecule has 2 rings (SSSR count). The SMILES string of the molecule is Cn1nccc1S(=O)(=O)NCc1cccc(O)c1. The fraction of sp³-hybridized carbons (Fsp3) is 0.182. The van der Waals surface area contributed by atoms with Gasteiger partial charge in [-0.3, -0.25) is 4.68 Å². The third-order valence-corrected chi connectivity index (χ3v) is 3.90. The second-order valence-corrected chi connectivity index (χ2v) is 5.50. The zero-order valence-electron chi connectivity index (χ0n) is 9.74. The van der Waals surface area contributed by atoms with E-state index in [-0.39, 0.29) is 17.3 Å². The van der Waals surface area contributed by atoms with E-state index >= 15 is 0 Å². The van der Waals surface area contributed by atoms with E-state index in [0.717, 1.165) is 0 Å². The van der Waals surface area contributed by atoms with Gasteiger partial charge in [0, 0.05) is 13.6 Å². The highest BCUT2D eigenvalue weighted by molar-refractivity contribution is 7.89. The quantitative estimate of drug-likeness (QED) is 0.849. The predicted octanol–water partition coefficient (Wildman–Crippen LogP) is 0.604. The van der Waals surface area contributed by atoms with Gasteiger partial charge in [0.1, 0.15) is 5.75 Å². The van der Waals surface area contributed by atoms with Gasteiger partial charge in [-0.05, 0) is 23.8 Å². The van der Waals surface area contributed by atoms with Crippen molar-refractivity contribution in [2.75, 3.05) is 0 Å². The Bertz CT molecular complexity index is 649. The maximum atomic E-state index is 11.9. The van der Waals surface area contributed by atoms with Crippen LogP contribution in [0.4, 0.5) is 0 Å². The predicted molar refractivity (Wildman–Crippen MR) is 65.3 cm³/mol. The summed E-state index contributed by atoms with van der Waals surface area (Å²) >= 11 is 0. The summed E-state index contributed by atoms with van der Waals surface area (Å²) < 4.78 is 27.6. The lowest BCUT2D eigenvalue weighted by Crippen LogP contribution is -2.25. The summed E-state index contributed by atoms with van der Waals surface area (Å²) in [5.74, 6) is 0.104. The number of phenolic OH excluding ortho intramolecular Hbond substituents is 1. The number of aromatic hydroxyl groups is 1. The van der Waals surface area contributed by atoms with Gasteiger partial charge >= 0.3 is 0 Å². The average molecular weight is 267 g/mol. The van der Waals surface area contributed by atoms with Crippen LogP contribution in [0, 0.1) is 0 Å². The Labute approximate surface area is 105 Å². The number of benzene rings is 1. The molecule has 1 aromatic heterocycles. The van der Waals surface area contributed by atoms with E-state index in [4.69, 9.17) is 0 Å². The lowest BCUT2D eigenvalue weighted by Gasteiger charge is -2.07. The summed E-state index contributed by atoms with van der Waals surface area (Å²) in [6.07, 6.45) is 1.42. The molecule has 18 heavy (non-hydrogen) atoms. The molecule has 0 saturated carbocycles. The van der Waals surface area contributed by atoms with Gasteiger partial charge < -0.3 is 5.11 Å². The molecule has 0 amide bonds. The molecule has 1 heterocycles. The van der Waals surface area contributed by atoms with E-state index < -0.39 is 10.0 Å². The van der Waals surface area contributed by atoms with Crippen LogP contribution in [0.25, 0.3) is 0 Å². The third-order valence-electron chi connectivity index (χ3n) is 2.43. The van der Waals surface area contributed by atoms with Gasteiger partial charge in [0.2, 0.25) is 0 Å². The van der Waals surface area contributed by atoms with Crippen LogP contribution in [0.1, 0.15) is 5.56 Å². The van der Waals surface area contributed by atoms with Gasteiger partial charge in [-0.2, -0.15) is 5.10 Å². The Morgan fingerprint density at radius 2 is 2.17 bits per heavy atom. The number of nitrogens with one attached hydrogen (secondary N) is 1. The van der Waals surface area contributed by atoms with Crippen molar-refractivity contribution >= 4 is 10.0 Å². The maximum absolute atomic E-state index is 11.9. The number of aromatic nitrogens is 2. The summed E-state index contributed by atoms with van der Waals surface area (Å²) in [7, 11) is -2.03. The van der Waals surface area contributed by atoms with Crippen LogP contribution >= 0.6 is 0 Å². The molecule has 0 aliphatic carbocycles. The van der Waals surface area contributed by atoms with Gasteiger partial charge in [-0.1, -0.05) is 12.1 Å². The van der Waals surface area contributed by atoms with Crippen LogP contribution in [0.15, 0.2) is 41.6 Å². The van der Waals surface area contributed by atoms with E-state index in [9.17, 15) is 13.5 Å². The largest absolute Gasteiger partial charge is 0.508 e. The first-order valence-corrected chi connectivity index (χ1v) is 6.73. The molecule has 0 fully saturated rings. The number of hydrogen-bond acceptors (Lipinski definition) is 4. The molecule has 0 spiro atoms. The average Bonchev–Trinajstić information content (AvgIpc) is 2.74. The number of sulfonamides is 1. The highest BCUT2D eigenvalue weighted by Crippen LogP contribution is 2.12. The summed E-state index contributed by atoms with van der Waals surface area (Å²) in [5.41, 5.74) is 0.681. The minimum atomic E-state index is -3.59. The van der Waals surface area contributed by atoms with Gasteiger partial charge in [-0.15, -0.1) is 0 Å². The van der Waals surface area contributed by atoms with E-state index in [1.807, 2.05) is 0 Å². The monoisotopic (exact) mass is 267 g/mol. The molecule has 0 unspecified atom stereocenters. The van der Waals surface area contributed by atoms with Crippen LogP contribution in [0.2, 0.25) is 0 Å². The first kappa shape index (κ1) is 12.6. The van der Waals surface area contributed by atoms with E-state index in [1.165, 1.54) is 29.1 Å². The van der Waals surface area contributed by atoms with Gasteiger partial charge in [0.25, 0.3) is 10.0 Å². The molecular weight excluding hydrogens is 254 g/mol. The normalized spacial score (nSPS) is 11.6. The molecule has 0 aliphatic rings. The van der Waals surface area contributed by atoms with Crippen molar-refractivity contribution in [1.29, 1.82) is 0 Å². The standard InChI is InChI=1S/C11H13N3O3S/c1-14-11(5-6-12-14)18(16,17)13-8-9-3-2-4-10(15)7-9/h2-7,13,15H,8H2,1H3. The Morgan fingerprint density at radius 1 is 1.39 bits per heavy atom. The molecule has 0 saturated heterocycles. The minimum Gasteiger partial charge on any atom is -0.508 e. The van der Waals surface area contributed by atoms with Gasteiger partial charge in [-0.25, -0.2) is 13.1 Å². The van der Waals surface area contributed by atoms with Crippen LogP contribution < -0.4 is 4.72 Å². The smallest absolute Gasteiger partial charge is 0.258 e. The lowest BCUT2D eigenvalue weighted by atomic mass is 10.2. The summed E-state index contributed by atoms with van der Waals surface area (Å²) in [6.45, 7) is 0.113. The number of phenols is 1. The molecule has 2 N–H and O–H groups in total. The van der Waals surface area contributed by atoms with Crippen LogP contribution in [0.5, 0.6) is 5.75 Å². The van der Waals surface area contributed by atoms with Crippen molar-refractivity contribution < 1.29 is 13.5 Å². The Morgan fingerprint density at radius 3 is 2.78 bits per heavy atom. The van der Waals surface area contributed by atoms with Crippen molar-refractivity contribution in [3.05, 3.63) is 42.1 Å². The Balaban J connectivity index is 2.13. The first-order chi connectivity index (χ1) is 8.49. The summed E-state index contributed by atoms with van der Waals surface area (Å²) in [6, 6.07) is 7.84. The molecule has 0 bridgehead atoms. The maximum Gasteiger partial charge on any atom is 0.258 e. The molecule has 96 valence electrons. The summed E-state index contributed by atoms with van der Waals surface area (Å²) in [5, 5.41) is 13.2. The lowest BCUT2D eigenvalue weighted by molar-refractivity contribution is 0.474. The third kappa shape index (κ3) is 2.69. The first-order valence-electron chi connectivity index (χ1n) is 5.24. The van der Waals surface area contributed by atoms with Crippen LogP contribution in [0.3, 0.4) is 0 Å². The van der Waals surface area contributed by atoms with E-state index in [0.29, 0.717) is 5.56 Å². The van der Waals surface area contributed by atoms with Crippen LogP contribution in [-0.4, -0.2) is 23.3 Å². The molecule has 2 aromatic rings. The van der Waals surface area contributed by atoms with Gasteiger partial charge in [0.15, 0.2) is 5.03 Å². The minimum absolute atomic E-state index is 0.0997. The summed E-state index contributed by atoms with van der Waals surface area (Å²) in [4.78, 5) is 0. The molecule has 1 aromatic carbocycles. The molecule has 0 atom stereocenters. The van der Waals surface area contributed by atoms with Crippen LogP contribution in [-0.2, 0) is 23.6 Å². The van der Waals surface area contributed by atoms with E-state index in [1.54, 1.807) is 19.2 Å². The molecule has 0 aliphatic heterocycles. The zero-order chi connectivity index (χ0) is 13.2. The number of hydrogen-bond donors (Lipinski definition) is 2. The highest BCUT2D eigenvalue weighted by Gasteiger charge is 2.17. The molecular formula is C11H13N3O3S. The topological polar surface area (TPSA) is 84.2 Å². The number of rotatable bonds is 4. The van der Waals surface area contributed by atoms with Crippen molar-refractivity contribution in [3.8, 4) is 5.75 Å². The van der Waals surface area contributed by atoms with Gasteiger partial charge in [0.05, 0.1) is 6.20 Å². The molecule has 0 radical (unpaired) electrons. The number of aryl methyl sites for hydroxylation is 1. The molecule has 7 heteroatoms. The van der Waals surface area contributed by atoms with Crippen molar-refractivity contribution in [3.63, 3.8) is 0 Å². The fourth-order valence-corrected chi connectivity index (χ4v) is 2.68. The van der Waals surface area contributed by atoms with Crippen molar-refractivity contribution in [2.45, 2.75) is 11.6 Å². The van der Waals surface area contributed by atoms with E-state index in [2.05, 4.69) is 9.82 Å². The fourth-order valence-electron chi connectivity index (χ4n) is 1.54. The Hall–Kier alpha value is -1.86. The van der Waals surface area contributed by atoms with Crippen molar-refractivity contribution in [2.24, 2.45) is 7.05 Å². The number of nitrogens with zero attached hydrogens (tertiary/aromatic N) is 2. The molecule has 6 nitrogen and oxygen atoms in total. The Kier molecular flexibility index (Phi) is 3.35. The second kappa shape index (κ2) is 4.79.